The first-order valence-electron chi connectivity index (χ1n) is 8.28. The molecule has 130 valence electrons. The Labute approximate surface area is 143 Å². The summed E-state index contributed by atoms with van der Waals surface area (Å²) >= 11 is 0. The predicted octanol–water partition coefficient (Wildman–Crippen LogP) is 3.74. The molecule has 3 aromatic rings. The molecule has 0 saturated heterocycles. The van der Waals surface area contributed by atoms with Crippen LogP contribution in [0.1, 0.15) is 25.7 Å². The van der Waals surface area contributed by atoms with Crippen LogP contribution in [0.2, 0.25) is 0 Å². The normalized spacial score (nSPS) is 15.0. The lowest BCUT2D eigenvalue weighted by Crippen LogP contribution is -2.16. The van der Waals surface area contributed by atoms with Crippen LogP contribution in [0.25, 0.3) is 11.2 Å². The van der Waals surface area contributed by atoms with E-state index in [1.165, 1.54) is 25.0 Å². The van der Waals surface area contributed by atoms with Crippen LogP contribution in [0, 0.1) is 11.6 Å². The first kappa shape index (κ1) is 15.7. The number of halogens is 2. The molecular formula is C17H18F2N6. The fourth-order valence-corrected chi connectivity index (χ4v) is 3.13. The van der Waals surface area contributed by atoms with Gasteiger partial charge < -0.3 is 10.6 Å². The predicted molar refractivity (Wildman–Crippen MR) is 91.8 cm³/mol. The highest BCUT2D eigenvalue weighted by atomic mass is 19.1. The van der Waals surface area contributed by atoms with Crippen molar-refractivity contribution in [3.05, 3.63) is 36.0 Å². The summed E-state index contributed by atoms with van der Waals surface area (Å²) in [6.07, 6.45) is 6.35. The maximum atomic E-state index is 13.8. The van der Waals surface area contributed by atoms with E-state index in [1.54, 1.807) is 17.8 Å². The lowest BCUT2D eigenvalue weighted by atomic mass is 10.2. The Balaban J connectivity index is 1.62. The van der Waals surface area contributed by atoms with Crippen molar-refractivity contribution in [3.8, 4) is 0 Å². The Bertz CT molecular complexity index is 917. The molecule has 0 unspecified atom stereocenters. The van der Waals surface area contributed by atoms with Crippen LogP contribution in [0.5, 0.6) is 0 Å². The number of nitrogens with zero attached hydrogens (tertiary/aromatic N) is 4. The van der Waals surface area contributed by atoms with Gasteiger partial charge in [0.15, 0.2) is 5.65 Å². The third-order valence-corrected chi connectivity index (χ3v) is 4.48. The van der Waals surface area contributed by atoms with Crippen LogP contribution in [0.3, 0.4) is 0 Å². The Morgan fingerprint density at radius 1 is 1.16 bits per heavy atom. The van der Waals surface area contributed by atoms with E-state index < -0.39 is 11.6 Å². The highest BCUT2D eigenvalue weighted by molar-refractivity contribution is 5.76. The molecule has 0 radical (unpaired) electrons. The van der Waals surface area contributed by atoms with E-state index in [-0.39, 0.29) is 5.69 Å². The molecule has 1 fully saturated rings. The number of benzene rings is 1. The van der Waals surface area contributed by atoms with Crippen LogP contribution in [0.4, 0.5) is 26.4 Å². The molecule has 25 heavy (non-hydrogen) atoms. The van der Waals surface area contributed by atoms with Gasteiger partial charge in [-0.1, -0.05) is 12.8 Å². The molecule has 1 saturated carbocycles. The van der Waals surface area contributed by atoms with Gasteiger partial charge in [-0.2, -0.15) is 4.98 Å². The Hall–Kier alpha value is -2.77. The second-order valence-electron chi connectivity index (χ2n) is 6.27. The van der Waals surface area contributed by atoms with Crippen molar-refractivity contribution in [1.82, 2.24) is 19.5 Å². The van der Waals surface area contributed by atoms with Gasteiger partial charge in [0.25, 0.3) is 0 Å². The topological polar surface area (TPSA) is 67.7 Å². The molecule has 2 heterocycles. The second kappa shape index (κ2) is 6.27. The van der Waals surface area contributed by atoms with Gasteiger partial charge in [-0.25, -0.2) is 18.7 Å². The Kier molecular flexibility index (Phi) is 3.95. The molecule has 0 atom stereocenters. The molecule has 1 aromatic carbocycles. The van der Waals surface area contributed by atoms with Gasteiger partial charge in [0.1, 0.15) is 17.2 Å². The number of aromatic nitrogens is 4. The number of imidazole rings is 1. The number of aryl methyl sites for hydroxylation is 1. The molecule has 6 nitrogen and oxygen atoms in total. The van der Waals surface area contributed by atoms with Gasteiger partial charge in [-0.05, 0) is 25.0 Å². The zero-order chi connectivity index (χ0) is 17.4. The molecule has 0 spiro atoms. The summed E-state index contributed by atoms with van der Waals surface area (Å²) in [6.45, 7) is 0. The van der Waals surface area contributed by atoms with Crippen LogP contribution in [-0.4, -0.2) is 25.6 Å². The quantitative estimate of drug-likeness (QED) is 0.755. The Morgan fingerprint density at radius 3 is 2.72 bits per heavy atom. The van der Waals surface area contributed by atoms with E-state index in [2.05, 4.69) is 25.6 Å². The monoisotopic (exact) mass is 344 g/mol. The smallest absolute Gasteiger partial charge is 0.224 e. The highest BCUT2D eigenvalue weighted by Gasteiger charge is 2.17. The summed E-state index contributed by atoms with van der Waals surface area (Å²) in [5.74, 6) is -0.321. The minimum Gasteiger partial charge on any atom is -0.351 e. The van der Waals surface area contributed by atoms with E-state index in [0.29, 0.717) is 29.1 Å². The van der Waals surface area contributed by atoms with Crippen molar-refractivity contribution in [1.29, 1.82) is 0 Å². The third-order valence-electron chi connectivity index (χ3n) is 4.48. The standard InChI is InChI=1S/C17H18F2N6/c1-25-15-14(9-20-16(24-15)21-11-4-2-3-5-11)23-17(25)22-13-7-6-10(18)8-12(13)19/h6-9,11H,2-5H2,1H3,(H,22,23)(H,20,21,24). The van der Waals surface area contributed by atoms with Crippen molar-refractivity contribution in [2.75, 3.05) is 10.6 Å². The first-order valence-corrected chi connectivity index (χ1v) is 8.28. The van der Waals surface area contributed by atoms with Crippen molar-refractivity contribution in [2.24, 2.45) is 7.05 Å². The molecule has 1 aliphatic carbocycles. The number of anilines is 3. The molecule has 1 aliphatic rings. The molecule has 8 heteroatoms. The summed E-state index contributed by atoms with van der Waals surface area (Å²) in [6, 6.07) is 3.77. The third kappa shape index (κ3) is 3.11. The number of nitrogens with one attached hydrogen (secondary N) is 2. The molecule has 4 rings (SSSR count). The fraction of sp³-hybridized carbons (Fsp3) is 0.353. The van der Waals surface area contributed by atoms with Gasteiger partial charge >= 0.3 is 0 Å². The lowest BCUT2D eigenvalue weighted by molar-refractivity contribution is 0.586. The summed E-state index contributed by atoms with van der Waals surface area (Å²) in [4.78, 5) is 13.2. The summed E-state index contributed by atoms with van der Waals surface area (Å²) < 4.78 is 28.6. The Morgan fingerprint density at radius 2 is 1.96 bits per heavy atom. The van der Waals surface area contributed by atoms with Crippen LogP contribution >= 0.6 is 0 Å². The fourth-order valence-electron chi connectivity index (χ4n) is 3.13. The minimum absolute atomic E-state index is 0.150. The van der Waals surface area contributed by atoms with E-state index in [4.69, 9.17) is 0 Å². The van der Waals surface area contributed by atoms with Crippen molar-refractivity contribution in [2.45, 2.75) is 31.7 Å². The first-order chi connectivity index (χ1) is 12.1. The largest absolute Gasteiger partial charge is 0.351 e. The van der Waals surface area contributed by atoms with Crippen LogP contribution < -0.4 is 10.6 Å². The lowest BCUT2D eigenvalue weighted by Gasteiger charge is -2.11. The molecule has 0 aliphatic heterocycles. The molecule has 2 N–H and O–H groups in total. The summed E-state index contributed by atoms with van der Waals surface area (Å²) in [5, 5.41) is 6.22. The van der Waals surface area contributed by atoms with Crippen molar-refractivity contribution >= 4 is 28.7 Å². The van der Waals surface area contributed by atoms with Gasteiger partial charge in [0.2, 0.25) is 11.9 Å². The van der Waals surface area contributed by atoms with Gasteiger partial charge in [-0.15, -0.1) is 0 Å². The van der Waals surface area contributed by atoms with Crippen LogP contribution in [-0.2, 0) is 7.05 Å². The SMILES string of the molecule is Cn1c(Nc2ccc(F)cc2F)nc2cnc(NC3CCCC3)nc21. The van der Waals surface area contributed by atoms with Crippen molar-refractivity contribution < 1.29 is 8.78 Å². The zero-order valence-corrected chi connectivity index (χ0v) is 13.8. The van der Waals surface area contributed by atoms with Gasteiger partial charge in [0, 0.05) is 19.2 Å². The number of rotatable bonds is 4. The van der Waals surface area contributed by atoms with Gasteiger partial charge in [0.05, 0.1) is 11.9 Å². The number of hydrogen-bond acceptors (Lipinski definition) is 5. The van der Waals surface area contributed by atoms with Gasteiger partial charge in [-0.3, -0.25) is 4.57 Å². The summed E-state index contributed by atoms with van der Waals surface area (Å²) in [7, 11) is 1.78. The number of fused-ring (bicyclic) bond motifs is 1. The summed E-state index contributed by atoms with van der Waals surface area (Å²) in [5.41, 5.74) is 1.39. The van der Waals surface area contributed by atoms with E-state index in [0.717, 1.165) is 18.9 Å². The van der Waals surface area contributed by atoms with E-state index in [9.17, 15) is 8.78 Å². The maximum Gasteiger partial charge on any atom is 0.224 e. The molecule has 0 bridgehead atoms. The molecule has 2 aromatic heterocycles. The average Bonchev–Trinajstić information content (AvgIpc) is 3.20. The average molecular weight is 344 g/mol. The van der Waals surface area contributed by atoms with E-state index >= 15 is 0 Å². The minimum atomic E-state index is -0.679. The second-order valence-corrected chi connectivity index (χ2v) is 6.27. The maximum absolute atomic E-state index is 13.8. The molecule has 0 amide bonds. The van der Waals surface area contributed by atoms with E-state index in [1.807, 2.05) is 0 Å². The van der Waals surface area contributed by atoms with Crippen molar-refractivity contribution in [3.63, 3.8) is 0 Å². The molecular weight excluding hydrogens is 326 g/mol. The zero-order valence-electron chi connectivity index (χ0n) is 13.8. The highest BCUT2D eigenvalue weighted by Crippen LogP contribution is 2.24. The van der Waals surface area contributed by atoms with Crippen LogP contribution in [0.15, 0.2) is 24.4 Å². The number of hydrogen-bond donors (Lipinski definition) is 2.